The fourth-order valence-electron chi connectivity index (χ4n) is 3.63. The first-order valence-corrected chi connectivity index (χ1v) is 13.7. The van der Waals surface area contributed by atoms with Crippen molar-refractivity contribution < 1.29 is 84.6 Å². The molecule has 8 nitrogen and oxygen atoms in total. The van der Waals surface area contributed by atoms with Crippen LogP contribution >= 0.6 is 0 Å². The summed E-state index contributed by atoms with van der Waals surface area (Å²) in [5.74, 6) is -7.88. The molecule has 0 amide bonds. The fourth-order valence-corrected chi connectivity index (χ4v) is 3.84. The number of halogens is 4. The number of fused-ring (bicyclic) bond motifs is 2. The monoisotopic (exact) mass is 634 g/mol. The van der Waals surface area contributed by atoms with Crippen LogP contribution in [0, 0.1) is 0 Å². The van der Waals surface area contributed by atoms with E-state index in [1.165, 1.54) is 16.3 Å². The van der Waals surface area contributed by atoms with Gasteiger partial charge in [0.25, 0.3) is 0 Å². The van der Waals surface area contributed by atoms with Gasteiger partial charge in [0.15, 0.2) is 10.1 Å². The van der Waals surface area contributed by atoms with E-state index in [4.69, 9.17) is 10.2 Å². The number of hydrogen-bond donors (Lipinski definition) is 2. The van der Waals surface area contributed by atoms with Crippen LogP contribution in [0.15, 0.2) is 84.9 Å². The maximum absolute atomic E-state index is 12.6. The molecule has 4 rings (SSSR count). The summed E-state index contributed by atoms with van der Waals surface area (Å²) in [7, 11) is -6.08. The number of esters is 1. The predicted molar refractivity (Wildman–Crippen MR) is 146 cm³/mol. The summed E-state index contributed by atoms with van der Waals surface area (Å²) in [5.41, 5.74) is 2.20. The third-order valence-corrected chi connectivity index (χ3v) is 6.47. The van der Waals surface area contributed by atoms with Gasteiger partial charge in [-0.05, 0) is 39.1 Å². The number of rotatable bonds is 8. The number of aliphatic hydroxyl groups is 1. The number of carbonyl (C=O) groups excluding carboxylic acids is 1. The second-order valence-electron chi connectivity index (χ2n) is 8.80. The second-order valence-corrected chi connectivity index (χ2v) is 10.2. The summed E-state index contributed by atoms with van der Waals surface area (Å²) in [6.45, 7) is 0.706. The minimum Gasteiger partial charge on any atom is -0.743 e. The Balaban J connectivity index is 0.000000338. The predicted octanol–water partition coefficient (Wildman–Crippen LogP) is 2.17. The Labute approximate surface area is 267 Å². The second kappa shape index (κ2) is 16.7. The van der Waals surface area contributed by atoms with Gasteiger partial charge >= 0.3 is 52.7 Å². The van der Waals surface area contributed by atoms with Gasteiger partial charge in [-0.25, -0.2) is 18.0 Å². The Kier molecular flexibility index (Phi) is 14.7. The maximum Gasteiger partial charge on any atom is 1.00 e. The zero-order chi connectivity index (χ0) is 31.6. The van der Waals surface area contributed by atoms with Gasteiger partial charge in [0.1, 0.15) is 0 Å². The van der Waals surface area contributed by atoms with Gasteiger partial charge in [-0.2, -0.15) is 17.6 Å². The van der Waals surface area contributed by atoms with Crippen molar-refractivity contribution in [2.45, 2.75) is 30.9 Å². The Hall–Kier alpha value is -3.07. The van der Waals surface area contributed by atoms with Crippen LogP contribution in [0.1, 0.15) is 18.1 Å². The first-order chi connectivity index (χ1) is 19.6. The van der Waals surface area contributed by atoms with Crippen LogP contribution in [0.3, 0.4) is 0 Å². The number of carbonyl (C=O) groups is 2. The summed E-state index contributed by atoms with van der Waals surface area (Å²) in [4.78, 5) is 20.3. The molecular formula is C29H27F4NaO8S. The summed E-state index contributed by atoms with van der Waals surface area (Å²) in [6, 6.07) is 28.0. The molecule has 0 bridgehead atoms. The minimum absolute atomic E-state index is 0. The molecule has 0 fully saturated rings. The van der Waals surface area contributed by atoms with Crippen LogP contribution in [0.2, 0.25) is 0 Å². The zero-order valence-corrected chi connectivity index (χ0v) is 26.0. The molecule has 0 heterocycles. The summed E-state index contributed by atoms with van der Waals surface area (Å²) >= 11 is 0. The molecule has 0 aliphatic rings. The molecule has 0 spiro atoms. The average molecular weight is 635 g/mol. The van der Waals surface area contributed by atoms with Crippen molar-refractivity contribution in [3.8, 4) is 0 Å². The van der Waals surface area contributed by atoms with E-state index in [2.05, 4.69) is 29.0 Å². The van der Waals surface area contributed by atoms with Gasteiger partial charge in [-0.3, -0.25) is 0 Å². The summed E-state index contributed by atoms with van der Waals surface area (Å²) in [5, 5.41) is 15.7. The average Bonchev–Trinajstić information content (AvgIpc) is 2.93. The van der Waals surface area contributed by atoms with Crippen LogP contribution in [0.4, 0.5) is 17.6 Å². The van der Waals surface area contributed by atoms with E-state index in [1.54, 1.807) is 0 Å². The van der Waals surface area contributed by atoms with Crippen molar-refractivity contribution in [3.63, 3.8) is 0 Å². The van der Waals surface area contributed by atoms with Gasteiger partial charge in [-0.1, -0.05) is 84.9 Å². The first kappa shape index (κ1) is 38.0. The Morgan fingerprint density at radius 2 is 1.21 bits per heavy atom. The topological polar surface area (TPSA) is 141 Å². The summed E-state index contributed by atoms with van der Waals surface area (Å²) in [6.07, 6.45) is 1.16. The standard InChI is InChI=1S/C15H14F2O2.C12H12O.C2H2F2O5S.Na/c1-15(16,17)14(18)19-10-9-12-7-4-6-11-5-2-3-8-13(11)12;13-9-8-11-6-3-5-10-4-1-2-7-12(10)11;3-2(4,1(5)6)10(7,8)9;/h2-8H,9-10H2,1H3;1-7,13H,8-9H2;(H,5,6)(H,7,8,9);/q;;;+1/p-1. The van der Waals surface area contributed by atoms with Crippen LogP contribution < -0.4 is 29.6 Å². The molecule has 14 heteroatoms. The van der Waals surface area contributed by atoms with Gasteiger partial charge < -0.3 is 19.5 Å². The molecule has 4 aromatic rings. The molecule has 0 saturated carbocycles. The normalized spacial score (nSPS) is 11.3. The molecule has 0 aromatic heterocycles. The number of aliphatic hydroxyl groups excluding tert-OH is 1. The van der Waals surface area contributed by atoms with Gasteiger partial charge in [0, 0.05) is 20.0 Å². The number of ether oxygens (including phenoxy) is 1. The molecule has 0 aliphatic heterocycles. The molecule has 0 saturated heterocycles. The number of carboxylic acid groups (broad SMARTS) is 1. The molecule has 0 aliphatic carbocycles. The first-order valence-electron chi connectivity index (χ1n) is 12.3. The zero-order valence-electron chi connectivity index (χ0n) is 23.2. The SMILES string of the molecule is CC(F)(F)C(=O)OCCc1cccc2ccccc12.O=C(O)C(F)(F)S(=O)(=O)[O-].OCCc1cccc2ccccc12.[Na+]. The van der Waals surface area contributed by atoms with E-state index in [-0.39, 0.29) is 42.8 Å². The maximum atomic E-state index is 12.6. The quantitative estimate of drug-likeness (QED) is 0.130. The third-order valence-electron chi connectivity index (χ3n) is 5.67. The van der Waals surface area contributed by atoms with Crippen molar-refractivity contribution >= 4 is 43.6 Å². The molecule has 0 unspecified atom stereocenters. The molecule has 0 radical (unpaired) electrons. The van der Waals surface area contributed by atoms with E-state index >= 15 is 0 Å². The molecule has 2 N–H and O–H groups in total. The third kappa shape index (κ3) is 11.2. The van der Waals surface area contributed by atoms with Crippen molar-refractivity contribution in [1.82, 2.24) is 0 Å². The largest absolute Gasteiger partial charge is 1.00 e. The summed E-state index contributed by atoms with van der Waals surface area (Å²) < 4.78 is 81.1. The molecular weight excluding hydrogens is 607 g/mol. The van der Waals surface area contributed by atoms with E-state index in [9.17, 15) is 40.1 Å². The van der Waals surface area contributed by atoms with E-state index in [0.717, 1.165) is 22.8 Å². The van der Waals surface area contributed by atoms with E-state index in [0.29, 0.717) is 13.3 Å². The van der Waals surface area contributed by atoms with Crippen LogP contribution in [-0.2, 0) is 37.3 Å². The van der Waals surface area contributed by atoms with Gasteiger partial charge in [-0.15, -0.1) is 0 Å². The van der Waals surface area contributed by atoms with Crippen LogP contribution in [-0.4, -0.2) is 59.5 Å². The van der Waals surface area contributed by atoms with Crippen molar-refractivity contribution in [3.05, 3.63) is 96.1 Å². The molecule has 0 atom stereocenters. The van der Waals surface area contributed by atoms with Crippen molar-refractivity contribution in [2.24, 2.45) is 0 Å². The molecule has 226 valence electrons. The van der Waals surface area contributed by atoms with Crippen molar-refractivity contribution in [1.29, 1.82) is 0 Å². The van der Waals surface area contributed by atoms with Crippen molar-refractivity contribution in [2.75, 3.05) is 13.2 Å². The smallest absolute Gasteiger partial charge is 0.743 e. The number of carboxylic acids is 1. The fraction of sp³-hybridized carbons (Fsp3) is 0.241. The number of hydrogen-bond acceptors (Lipinski definition) is 7. The number of aliphatic carboxylic acids is 1. The molecule has 4 aromatic carbocycles. The Morgan fingerprint density at radius 3 is 1.58 bits per heavy atom. The van der Waals surface area contributed by atoms with Gasteiger partial charge in [0.2, 0.25) is 0 Å². The van der Waals surface area contributed by atoms with Crippen LogP contribution in [0.5, 0.6) is 0 Å². The van der Waals surface area contributed by atoms with E-state index < -0.39 is 33.2 Å². The van der Waals surface area contributed by atoms with E-state index in [1.807, 2.05) is 60.7 Å². The number of benzene rings is 4. The molecule has 43 heavy (non-hydrogen) atoms. The minimum atomic E-state index is -6.08. The Morgan fingerprint density at radius 1 is 0.791 bits per heavy atom. The number of alkyl halides is 4. The van der Waals surface area contributed by atoms with Crippen LogP contribution in [0.25, 0.3) is 21.5 Å². The Bertz CT molecular complexity index is 1620. The van der Waals surface area contributed by atoms with Gasteiger partial charge in [0.05, 0.1) is 6.61 Å².